The van der Waals surface area contributed by atoms with Gasteiger partial charge in [-0.25, -0.2) is 9.78 Å². The minimum absolute atomic E-state index is 0.00647. The first kappa shape index (κ1) is 17.0. The van der Waals surface area contributed by atoms with Crippen molar-refractivity contribution in [3.8, 4) is 5.75 Å². The van der Waals surface area contributed by atoms with Crippen molar-refractivity contribution < 1.29 is 14.3 Å². The maximum absolute atomic E-state index is 12.4. The molecule has 0 amide bonds. The highest BCUT2D eigenvalue weighted by Crippen LogP contribution is 2.23. The molecule has 25 heavy (non-hydrogen) atoms. The zero-order valence-corrected chi connectivity index (χ0v) is 14.8. The van der Waals surface area contributed by atoms with Crippen LogP contribution >= 0.6 is 0 Å². The molecule has 6 heteroatoms. The highest BCUT2D eigenvalue weighted by atomic mass is 16.5. The first-order chi connectivity index (χ1) is 12.0. The average Bonchev–Trinajstić information content (AvgIpc) is 2.92. The summed E-state index contributed by atoms with van der Waals surface area (Å²) in [5.41, 5.74) is 2.22. The molecule has 0 saturated carbocycles. The first-order valence-electron chi connectivity index (χ1n) is 8.19. The summed E-state index contributed by atoms with van der Waals surface area (Å²) in [7, 11) is 1.91. The summed E-state index contributed by atoms with van der Waals surface area (Å²) in [5, 5.41) is 0. The van der Waals surface area contributed by atoms with Gasteiger partial charge in [0, 0.05) is 13.2 Å². The molecule has 0 spiro atoms. The van der Waals surface area contributed by atoms with E-state index in [9.17, 15) is 4.79 Å². The number of carbonyl (C=O) groups excluding carboxylic acids is 1. The summed E-state index contributed by atoms with van der Waals surface area (Å²) < 4.78 is 13.1. The predicted octanol–water partition coefficient (Wildman–Crippen LogP) is 3.67. The Balaban J connectivity index is 1.79. The van der Waals surface area contributed by atoms with Gasteiger partial charge in [0.1, 0.15) is 5.75 Å². The Bertz CT molecular complexity index is 902. The third-order valence-electron chi connectivity index (χ3n) is 3.79. The fourth-order valence-electron chi connectivity index (χ4n) is 2.68. The zero-order chi connectivity index (χ0) is 18.0. The van der Waals surface area contributed by atoms with Gasteiger partial charge in [0.2, 0.25) is 0 Å². The molecule has 0 aliphatic rings. The number of hydrogen-bond donors (Lipinski definition) is 0. The van der Waals surface area contributed by atoms with Crippen molar-refractivity contribution >= 4 is 17.0 Å². The van der Waals surface area contributed by atoms with Crippen LogP contribution in [0.2, 0.25) is 0 Å². The molecule has 0 fully saturated rings. The molecule has 0 radical (unpaired) electrons. The van der Waals surface area contributed by atoms with E-state index < -0.39 is 12.1 Å². The van der Waals surface area contributed by atoms with E-state index in [1.807, 2.05) is 49.7 Å². The quantitative estimate of drug-likeness (QED) is 0.664. The van der Waals surface area contributed by atoms with Gasteiger partial charge in [0.15, 0.2) is 11.9 Å². The molecule has 0 bridgehead atoms. The normalized spacial score (nSPS) is 12.4. The van der Waals surface area contributed by atoms with Crippen LogP contribution in [-0.4, -0.2) is 26.6 Å². The molecule has 0 aliphatic heterocycles. The largest absolute Gasteiger partial charge is 0.489 e. The van der Waals surface area contributed by atoms with Crippen LogP contribution < -0.4 is 4.74 Å². The Hall–Kier alpha value is -2.89. The number of ether oxygens (including phenoxy) is 2. The molecule has 0 N–H and O–H groups in total. The van der Waals surface area contributed by atoms with Crippen LogP contribution in [0.4, 0.5) is 0 Å². The van der Waals surface area contributed by atoms with Gasteiger partial charge in [-0.2, -0.15) is 0 Å². The minimum atomic E-state index is -0.487. The zero-order valence-electron chi connectivity index (χ0n) is 14.8. The summed E-state index contributed by atoms with van der Waals surface area (Å²) in [5.74, 6) is 0.776. The lowest BCUT2D eigenvalue weighted by atomic mass is 10.2. The number of aromatic nitrogens is 3. The Morgan fingerprint density at radius 2 is 1.92 bits per heavy atom. The van der Waals surface area contributed by atoms with E-state index in [2.05, 4.69) is 9.97 Å². The van der Waals surface area contributed by atoms with Crippen LogP contribution in [0.3, 0.4) is 0 Å². The van der Waals surface area contributed by atoms with Crippen molar-refractivity contribution in [3.05, 3.63) is 54.1 Å². The van der Waals surface area contributed by atoms with Crippen molar-refractivity contribution in [2.24, 2.45) is 7.05 Å². The van der Waals surface area contributed by atoms with Gasteiger partial charge < -0.3 is 14.0 Å². The van der Waals surface area contributed by atoms with Crippen LogP contribution in [0.25, 0.3) is 11.0 Å². The molecule has 3 rings (SSSR count). The van der Waals surface area contributed by atoms with Gasteiger partial charge in [0.25, 0.3) is 0 Å². The Morgan fingerprint density at radius 3 is 2.64 bits per heavy atom. The maximum atomic E-state index is 12.4. The number of nitrogens with zero attached hydrogens (tertiary/aromatic N) is 3. The number of benzene rings is 1. The molecule has 3 aromatic rings. The number of hydrogen-bond acceptors (Lipinski definition) is 5. The fourth-order valence-corrected chi connectivity index (χ4v) is 2.68. The smallest absolute Gasteiger partial charge is 0.340 e. The Labute approximate surface area is 146 Å². The van der Waals surface area contributed by atoms with Gasteiger partial charge in [-0.15, -0.1) is 0 Å². The molecule has 0 aliphatic carbocycles. The second kappa shape index (κ2) is 6.93. The van der Waals surface area contributed by atoms with E-state index >= 15 is 0 Å². The number of rotatable bonds is 5. The Kier molecular flexibility index (Phi) is 4.70. The number of esters is 1. The molecule has 130 valence electrons. The molecule has 1 atom stereocenters. The number of para-hydroxylation sites is 2. The molecule has 2 aromatic heterocycles. The number of fused-ring (bicyclic) bond motifs is 1. The van der Waals surface area contributed by atoms with E-state index in [-0.39, 0.29) is 6.10 Å². The minimum Gasteiger partial charge on any atom is -0.489 e. The summed E-state index contributed by atoms with van der Waals surface area (Å²) in [6, 6.07) is 9.44. The van der Waals surface area contributed by atoms with E-state index in [0.29, 0.717) is 17.1 Å². The molecular weight excluding hydrogens is 318 g/mol. The molecule has 0 unspecified atom stereocenters. The number of carbonyl (C=O) groups is 1. The fraction of sp³-hybridized carbons (Fsp3) is 0.316. The standard InChI is InChI=1S/C19H21N3O3/c1-12(2)24-15-9-14(10-20-11-15)19(23)25-13(3)18-21-16-7-5-6-8-17(16)22(18)4/h5-13H,1-4H3/t13-/m1/s1. The summed E-state index contributed by atoms with van der Waals surface area (Å²) >= 11 is 0. The van der Waals surface area contributed by atoms with E-state index in [4.69, 9.17) is 9.47 Å². The lowest BCUT2D eigenvalue weighted by molar-refractivity contribution is 0.0314. The van der Waals surface area contributed by atoms with Crippen molar-refractivity contribution in [2.75, 3.05) is 0 Å². The maximum Gasteiger partial charge on any atom is 0.340 e. The lowest BCUT2D eigenvalue weighted by Gasteiger charge is -2.14. The lowest BCUT2D eigenvalue weighted by Crippen LogP contribution is -2.13. The first-order valence-corrected chi connectivity index (χ1v) is 8.19. The molecular formula is C19H21N3O3. The summed E-state index contributed by atoms with van der Waals surface area (Å²) in [4.78, 5) is 21.0. The van der Waals surface area contributed by atoms with Crippen LogP contribution in [0.5, 0.6) is 5.75 Å². The summed E-state index contributed by atoms with van der Waals surface area (Å²) in [6.07, 6.45) is 2.56. The van der Waals surface area contributed by atoms with Gasteiger partial charge in [-0.05, 0) is 39.0 Å². The van der Waals surface area contributed by atoms with Gasteiger partial charge >= 0.3 is 5.97 Å². The van der Waals surface area contributed by atoms with Crippen LogP contribution in [0.15, 0.2) is 42.7 Å². The number of pyridine rings is 1. The number of imidazole rings is 1. The molecule has 0 saturated heterocycles. The second-order valence-electron chi connectivity index (χ2n) is 6.14. The van der Waals surface area contributed by atoms with E-state index in [0.717, 1.165) is 11.0 Å². The highest BCUT2D eigenvalue weighted by molar-refractivity contribution is 5.89. The van der Waals surface area contributed by atoms with Crippen molar-refractivity contribution in [2.45, 2.75) is 33.0 Å². The molecule has 2 heterocycles. The van der Waals surface area contributed by atoms with Crippen molar-refractivity contribution in [1.29, 1.82) is 0 Å². The van der Waals surface area contributed by atoms with Gasteiger partial charge in [-0.1, -0.05) is 12.1 Å². The predicted molar refractivity (Wildman–Crippen MR) is 94.5 cm³/mol. The monoisotopic (exact) mass is 339 g/mol. The van der Waals surface area contributed by atoms with E-state index in [1.54, 1.807) is 19.2 Å². The van der Waals surface area contributed by atoms with Crippen LogP contribution in [0, 0.1) is 0 Å². The van der Waals surface area contributed by atoms with Gasteiger partial charge in [0.05, 0.1) is 28.9 Å². The SMILES string of the molecule is CC(C)Oc1cncc(C(=O)O[C@H](C)c2nc3ccccc3n2C)c1. The van der Waals surface area contributed by atoms with Crippen molar-refractivity contribution in [3.63, 3.8) is 0 Å². The second-order valence-corrected chi connectivity index (χ2v) is 6.14. The molecule has 1 aromatic carbocycles. The number of aryl methyl sites for hydroxylation is 1. The highest BCUT2D eigenvalue weighted by Gasteiger charge is 2.20. The van der Waals surface area contributed by atoms with E-state index in [1.165, 1.54) is 6.20 Å². The Morgan fingerprint density at radius 1 is 1.16 bits per heavy atom. The third-order valence-corrected chi connectivity index (χ3v) is 3.79. The third kappa shape index (κ3) is 3.63. The topological polar surface area (TPSA) is 66.2 Å². The summed E-state index contributed by atoms with van der Waals surface area (Å²) in [6.45, 7) is 5.64. The van der Waals surface area contributed by atoms with Crippen LogP contribution in [-0.2, 0) is 11.8 Å². The van der Waals surface area contributed by atoms with Gasteiger partial charge in [-0.3, -0.25) is 4.98 Å². The van der Waals surface area contributed by atoms with Crippen molar-refractivity contribution in [1.82, 2.24) is 14.5 Å². The molecule has 6 nitrogen and oxygen atoms in total. The van der Waals surface area contributed by atoms with Crippen LogP contribution in [0.1, 0.15) is 43.1 Å². The average molecular weight is 339 g/mol.